The fourth-order valence-corrected chi connectivity index (χ4v) is 4.04. The third kappa shape index (κ3) is 3.60. The topological polar surface area (TPSA) is 0 Å². The molecular formula is C21H25F3. The van der Waals surface area contributed by atoms with Crippen LogP contribution in [0.4, 0.5) is 13.2 Å². The zero-order valence-electron chi connectivity index (χ0n) is 14.3. The minimum Gasteiger partial charge on any atom is -0.204 e. The molecule has 0 radical (unpaired) electrons. The molecule has 0 atom stereocenters. The Morgan fingerprint density at radius 3 is 2.38 bits per heavy atom. The molecule has 0 nitrogen and oxygen atoms in total. The van der Waals surface area contributed by atoms with Gasteiger partial charge in [-0.15, -0.1) is 0 Å². The molecule has 0 N–H and O–H groups in total. The molecule has 0 aliphatic heterocycles. The standard InChI is InChI=1S/C21H25F3/c1-2-3-4-5-14-6-8-15(9-7-14)16-10-11-18-17(12-16)13-19(22)21(24)20(18)23/h10-15H,2-9H2,1H3. The predicted octanol–water partition coefficient (Wildman–Crippen LogP) is 7.11. The van der Waals surface area contributed by atoms with E-state index < -0.39 is 17.5 Å². The summed E-state index contributed by atoms with van der Waals surface area (Å²) < 4.78 is 40.6. The average Bonchev–Trinajstić information content (AvgIpc) is 2.60. The second-order valence-corrected chi connectivity index (χ2v) is 7.18. The van der Waals surface area contributed by atoms with E-state index in [1.54, 1.807) is 6.07 Å². The molecule has 3 rings (SSSR count). The summed E-state index contributed by atoms with van der Waals surface area (Å²) in [6, 6.07) is 6.41. The number of benzene rings is 2. The third-order valence-corrected chi connectivity index (χ3v) is 5.53. The van der Waals surface area contributed by atoms with Crippen molar-refractivity contribution in [1.29, 1.82) is 0 Å². The summed E-state index contributed by atoms with van der Waals surface area (Å²) in [7, 11) is 0. The Hall–Kier alpha value is -1.51. The summed E-state index contributed by atoms with van der Waals surface area (Å²) in [6.07, 6.45) is 9.97. The van der Waals surface area contributed by atoms with E-state index in [4.69, 9.17) is 0 Å². The highest BCUT2D eigenvalue weighted by atomic mass is 19.2. The molecule has 0 saturated heterocycles. The molecule has 1 aliphatic carbocycles. The SMILES string of the molecule is CCCCCC1CCC(c2ccc3c(F)c(F)c(F)cc3c2)CC1. The molecule has 2 aromatic rings. The van der Waals surface area contributed by atoms with Gasteiger partial charge in [-0.2, -0.15) is 0 Å². The average molecular weight is 334 g/mol. The van der Waals surface area contributed by atoms with Crippen molar-refractivity contribution in [2.75, 3.05) is 0 Å². The maximum atomic E-state index is 13.8. The van der Waals surface area contributed by atoms with Gasteiger partial charge in [-0.25, -0.2) is 13.2 Å². The molecule has 1 aliphatic rings. The first-order valence-electron chi connectivity index (χ1n) is 9.17. The Balaban J connectivity index is 1.71. The molecule has 0 unspecified atom stereocenters. The van der Waals surface area contributed by atoms with E-state index in [9.17, 15) is 13.2 Å². The summed E-state index contributed by atoms with van der Waals surface area (Å²) in [5.41, 5.74) is 1.12. The van der Waals surface area contributed by atoms with Crippen molar-refractivity contribution in [3.05, 3.63) is 47.3 Å². The van der Waals surface area contributed by atoms with Gasteiger partial charge in [0.2, 0.25) is 0 Å². The lowest BCUT2D eigenvalue weighted by Gasteiger charge is -2.29. The van der Waals surface area contributed by atoms with Crippen molar-refractivity contribution in [3.8, 4) is 0 Å². The van der Waals surface area contributed by atoms with Gasteiger partial charge in [0.05, 0.1) is 0 Å². The molecule has 0 aromatic heterocycles. The lowest BCUT2D eigenvalue weighted by molar-refractivity contribution is 0.303. The number of hydrogen-bond donors (Lipinski definition) is 0. The summed E-state index contributed by atoms with van der Waals surface area (Å²) in [6.45, 7) is 2.23. The first kappa shape index (κ1) is 17.3. The van der Waals surface area contributed by atoms with Crippen LogP contribution < -0.4 is 0 Å². The zero-order chi connectivity index (χ0) is 17.1. The van der Waals surface area contributed by atoms with E-state index in [0.717, 1.165) is 30.4 Å². The van der Waals surface area contributed by atoms with E-state index >= 15 is 0 Å². The van der Waals surface area contributed by atoms with Crippen LogP contribution in [-0.2, 0) is 0 Å². The van der Waals surface area contributed by atoms with E-state index in [1.165, 1.54) is 38.5 Å². The molecule has 0 spiro atoms. The molecule has 24 heavy (non-hydrogen) atoms. The van der Waals surface area contributed by atoms with Crippen LogP contribution in [0.2, 0.25) is 0 Å². The molecule has 3 heteroatoms. The van der Waals surface area contributed by atoms with Crippen molar-refractivity contribution in [3.63, 3.8) is 0 Å². The Bertz CT molecular complexity index is 700. The second-order valence-electron chi connectivity index (χ2n) is 7.18. The van der Waals surface area contributed by atoms with Crippen molar-refractivity contribution in [1.82, 2.24) is 0 Å². The van der Waals surface area contributed by atoms with Gasteiger partial charge in [0.15, 0.2) is 17.5 Å². The fourth-order valence-electron chi connectivity index (χ4n) is 4.04. The number of halogens is 3. The van der Waals surface area contributed by atoms with Crippen molar-refractivity contribution in [2.24, 2.45) is 5.92 Å². The Morgan fingerprint density at radius 1 is 0.917 bits per heavy atom. The maximum Gasteiger partial charge on any atom is 0.195 e. The lowest BCUT2D eigenvalue weighted by atomic mass is 9.77. The van der Waals surface area contributed by atoms with Gasteiger partial charge in [0, 0.05) is 5.39 Å². The Kier molecular flexibility index (Phi) is 5.47. The minimum absolute atomic E-state index is 0.158. The van der Waals surface area contributed by atoms with E-state index in [0.29, 0.717) is 11.3 Å². The number of fused-ring (bicyclic) bond motifs is 1. The second kappa shape index (κ2) is 7.58. The van der Waals surface area contributed by atoms with Crippen molar-refractivity contribution >= 4 is 10.8 Å². The van der Waals surface area contributed by atoms with Gasteiger partial charge in [-0.1, -0.05) is 50.8 Å². The van der Waals surface area contributed by atoms with Gasteiger partial charge in [-0.05, 0) is 54.5 Å². The van der Waals surface area contributed by atoms with E-state index in [2.05, 4.69) is 6.92 Å². The highest BCUT2D eigenvalue weighted by Gasteiger charge is 2.23. The van der Waals surface area contributed by atoms with Crippen LogP contribution in [0.5, 0.6) is 0 Å². The first-order valence-corrected chi connectivity index (χ1v) is 9.17. The third-order valence-electron chi connectivity index (χ3n) is 5.53. The molecule has 130 valence electrons. The van der Waals surface area contributed by atoms with E-state index in [-0.39, 0.29) is 5.39 Å². The first-order chi connectivity index (χ1) is 11.6. The van der Waals surface area contributed by atoms with Crippen LogP contribution in [0.25, 0.3) is 10.8 Å². The van der Waals surface area contributed by atoms with Crippen LogP contribution in [0.1, 0.15) is 69.8 Å². The largest absolute Gasteiger partial charge is 0.204 e. The number of hydrogen-bond acceptors (Lipinski definition) is 0. The molecule has 0 bridgehead atoms. The normalized spacial score (nSPS) is 21.3. The lowest BCUT2D eigenvalue weighted by Crippen LogP contribution is -2.13. The van der Waals surface area contributed by atoms with Gasteiger partial charge < -0.3 is 0 Å². The van der Waals surface area contributed by atoms with Crippen LogP contribution >= 0.6 is 0 Å². The monoisotopic (exact) mass is 334 g/mol. The molecule has 1 saturated carbocycles. The van der Waals surface area contributed by atoms with Gasteiger partial charge >= 0.3 is 0 Å². The van der Waals surface area contributed by atoms with E-state index in [1.807, 2.05) is 12.1 Å². The summed E-state index contributed by atoms with van der Waals surface area (Å²) in [4.78, 5) is 0. The van der Waals surface area contributed by atoms with Crippen molar-refractivity contribution in [2.45, 2.75) is 64.2 Å². The molecule has 0 heterocycles. The van der Waals surface area contributed by atoms with Crippen LogP contribution in [0.3, 0.4) is 0 Å². The number of rotatable bonds is 5. The molecule has 1 fully saturated rings. The number of unbranched alkanes of at least 4 members (excludes halogenated alkanes) is 2. The highest BCUT2D eigenvalue weighted by Crippen LogP contribution is 2.39. The van der Waals surface area contributed by atoms with Gasteiger partial charge in [0.25, 0.3) is 0 Å². The zero-order valence-corrected chi connectivity index (χ0v) is 14.3. The minimum atomic E-state index is -1.39. The Labute approximate surface area is 142 Å². The summed E-state index contributed by atoms with van der Waals surface area (Å²) in [5, 5.41) is 0.611. The quantitative estimate of drug-likeness (QED) is 0.403. The van der Waals surface area contributed by atoms with Crippen LogP contribution in [0.15, 0.2) is 24.3 Å². The molecule has 0 amide bonds. The fraction of sp³-hybridized carbons (Fsp3) is 0.524. The van der Waals surface area contributed by atoms with Gasteiger partial charge in [0.1, 0.15) is 0 Å². The molecule has 2 aromatic carbocycles. The Morgan fingerprint density at radius 2 is 1.67 bits per heavy atom. The summed E-state index contributed by atoms with van der Waals surface area (Å²) in [5.74, 6) is -2.30. The predicted molar refractivity (Wildman–Crippen MR) is 92.7 cm³/mol. The van der Waals surface area contributed by atoms with Crippen molar-refractivity contribution < 1.29 is 13.2 Å². The maximum absolute atomic E-state index is 13.8. The summed E-state index contributed by atoms with van der Waals surface area (Å²) >= 11 is 0. The van der Waals surface area contributed by atoms with Gasteiger partial charge in [-0.3, -0.25) is 0 Å². The highest BCUT2D eigenvalue weighted by molar-refractivity contribution is 5.84. The van der Waals surface area contributed by atoms with Crippen LogP contribution in [0, 0.1) is 23.4 Å². The molecular weight excluding hydrogens is 309 g/mol. The van der Waals surface area contributed by atoms with Crippen LogP contribution in [-0.4, -0.2) is 0 Å². The smallest absolute Gasteiger partial charge is 0.195 e.